The van der Waals surface area contributed by atoms with Crippen LogP contribution in [0.1, 0.15) is 44.2 Å². The molecule has 0 aliphatic heterocycles. The van der Waals surface area contributed by atoms with Crippen molar-refractivity contribution in [1.29, 1.82) is 0 Å². The van der Waals surface area contributed by atoms with E-state index in [1.54, 1.807) is 0 Å². The van der Waals surface area contributed by atoms with Crippen LogP contribution in [-0.4, -0.2) is 17.2 Å². The first-order valence-corrected chi connectivity index (χ1v) is 7.49. The first-order chi connectivity index (χ1) is 9.75. The minimum atomic E-state index is -0.196. The molecule has 0 bridgehead atoms. The number of nitrogens with zero attached hydrogens (tertiary/aromatic N) is 1. The number of nitrogens with two attached hydrogens (primary N) is 1. The Balaban J connectivity index is 1.96. The van der Waals surface area contributed by atoms with Crippen molar-refractivity contribution < 1.29 is 4.74 Å². The molecule has 1 heterocycles. The van der Waals surface area contributed by atoms with Gasteiger partial charge in [-0.2, -0.15) is 0 Å². The Kier molecular flexibility index (Phi) is 3.72. The first kappa shape index (κ1) is 13.5. The number of ether oxygens (including phenoxy) is 1. The molecule has 1 aromatic heterocycles. The largest absolute Gasteiger partial charge is 0.373 e. The highest BCUT2D eigenvalue weighted by Gasteiger charge is 2.41. The van der Waals surface area contributed by atoms with Gasteiger partial charge in [-0.15, -0.1) is 0 Å². The molecule has 106 valence electrons. The lowest BCUT2D eigenvalue weighted by Crippen LogP contribution is -2.41. The second-order valence-corrected chi connectivity index (χ2v) is 5.64. The maximum absolute atomic E-state index is 6.55. The van der Waals surface area contributed by atoms with Gasteiger partial charge in [0.15, 0.2) is 0 Å². The number of hydrogen-bond acceptors (Lipinski definition) is 3. The van der Waals surface area contributed by atoms with E-state index in [1.807, 2.05) is 31.3 Å². The van der Waals surface area contributed by atoms with Gasteiger partial charge in [-0.1, -0.05) is 31.0 Å². The fraction of sp³-hybridized carbons (Fsp3) is 0.471. The van der Waals surface area contributed by atoms with Crippen LogP contribution in [0.2, 0.25) is 0 Å². The van der Waals surface area contributed by atoms with Gasteiger partial charge in [0, 0.05) is 18.2 Å². The highest BCUT2D eigenvalue weighted by atomic mass is 16.5. The van der Waals surface area contributed by atoms with Gasteiger partial charge in [-0.25, -0.2) is 0 Å². The van der Waals surface area contributed by atoms with Crippen molar-refractivity contribution in [3.05, 3.63) is 42.1 Å². The SMILES string of the molecule is CCOC1(C(N)c2cnc3ccccc3c2)CCCC1. The number of benzene rings is 1. The summed E-state index contributed by atoms with van der Waals surface area (Å²) in [7, 11) is 0. The Morgan fingerprint density at radius 2 is 2.05 bits per heavy atom. The summed E-state index contributed by atoms with van der Waals surface area (Å²) in [4.78, 5) is 4.53. The standard InChI is InChI=1S/C17H22N2O/c1-2-20-17(9-5-6-10-17)16(18)14-11-13-7-3-4-8-15(13)19-12-14/h3-4,7-8,11-12,16H,2,5-6,9-10,18H2,1H3. The molecule has 0 radical (unpaired) electrons. The van der Waals surface area contributed by atoms with Crippen molar-refractivity contribution >= 4 is 10.9 Å². The minimum absolute atomic E-state index is 0.0953. The first-order valence-electron chi connectivity index (χ1n) is 7.49. The average Bonchev–Trinajstić information content (AvgIpc) is 2.96. The molecule has 0 saturated heterocycles. The topological polar surface area (TPSA) is 48.1 Å². The van der Waals surface area contributed by atoms with Crippen LogP contribution in [0.4, 0.5) is 0 Å². The van der Waals surface area contributed by atoms with Crippen LogP contribution in [0.3, 0.4) is 0 Å². The number of fused-ring (bicyclic) bond motifs is 1. The van der Waals surface area contributed by atoms with Crippen LogP contribution in [0, 0.1) is 0 Å². The van der Waals surface area contributed by atoms with Crippen molar-refractivity contribution in [2.24, 2.45) is 5.73 Å². The molecule has 3 heteroatoms. The van der Waals surface area contributed by atoms with Gasteiger partial charge >= 0.3 is 0 Å². The summed E-state index contributed by atoms with van der Waals surface area (Å²) in [6.07, 6.45) is 6.42. The molecular weight excluding hydrogens is 248 g/mol. The predicted octanol–water partition coefficient (Wildman–Crippen LogP) is 3.58. The number of hydrogen-bond donors (Lipinski definition) is 1. The highest BCUT2D eigenvalue weighted by molar-refractivity contribution is 5.78. The molecule has 20 heavy (non-hydrogen) atoms. The Labute approximate surface area is 120 Å². The van der Waals surface area contributed by atoms with E-state index in [1.165, 1.54) is 12.8 Å². The van der Waals surface area contributed by atoms with Crippen molar-refractivity contribution in [2.75, 3.05) is 6.61 Å². The third kappa shape index (κ3) is 2.32. The molecular formula is C17H22N2O. The van der Waals surface area contributed by atoms with Crippen LogP contribution in [-0.2, 0) is 4.74 Å². The molecule has 0 spiro atoms. The molecule has 2 aromatic rings. The maximum Gasteiger partial charge on any atom is 0.0874 e. The summed E-state index contributed by atoms with van der Waals surface area (Å²) >= 11 is 0. The van der Waals surface area contributed by atoms with Gasteiger partial charge in [-0.05, 0) is 37.5 Å². The highest BCUT2D eigenvalue weighted by Crippen LogP contribution is 2.41. The molecule has 0 amide bonds. The Morgan fingerprint density at radius 1 is 1.30 bits per heavy atom. The lowest BCUT2D eigenvalue weighted by atomic mass is 9.87. The third-order valence-electron chi connectivity index (χ3n) is 4.42. The monoisotopic (exact) mass is 270 g/mol. The molecule has 3 nitrogen and oxygen atoms in total. The van der Waals surface area contributed by atoms with E-state index < -0.39 is 0 Å². The van der Waals surface area contributed by atoms with Gasteiger partial charge in [-0.3, -0.25) is 4.98 Å². The summed E-state index contributed by atoms with van der Waals surface area (Å²) in [6, 6.07) is 10.2. The molecule has 1 aromatic carbocycles. The van der Waals surface area contributed by atoms with Gasteiger partial charge < -0.3 is 10.5 Å². The fourth-order valence-corrected chi connectivity index (χ4v) is 3.37. The lowest BCUT2D eigenvalue weighted by Gasteiger charge is -2.35. The van der Waals surface area contributed by atoms with Crippen molar-refractivity contribution in [3.8, 4) is 0 Å². The number of para-hydroxylation sites is 1. The fourth-order valence-electron chi connectivity index (χ4n) is 3.37. The van der Waals surface area contributed by atoms with Crippen LogP contribution >= 0.6 is 0 Å². The zero-order valence-corrected chi connectivity index (χ0v) is 12.0. The van der Waals surface area contributed by atoms with Crippen LogP contribution < -0.4 is 5.73 Å². The average molecular weight is 270 g/mol. The van der Waals surface area contributed by atoms with Gasteiger partial charge in [0.05, 0.1) is 17.2 Å². The van der Waals surface area contributed by atoms with E-state index in [-0.39, 0.29) is 11.6 Å². The molecule has 3 rings (SSSR count). The predicted molar refractivity (Wildman–Crippen MR) is 81.5 cm³/mol. The van der Waals surface area contributed by atoms with Crippen LogP contribution in [0.15, 0.2) is 36.5 Å². The Morgan fingerprint density at radius 3 is 2.80 bits per heavy atom. The molecule has 1 unspecified atom stereocenters. The molecule has 1 atom stereocenters. The van der Waals surface area contributed by atoms with E-state index in [9.17, 15) is 0 Å². The van der Waals surface area contributed by atoms with Crippen LogP contribution in [0.25, 0.3) is 10.9 Å². The van der Waals surface area contributed by atoms with Gasteiger partial charge in [0.2, 0.25) is 0 Å². The normalized spacial score (nSPS) is 19.3. The van der Waals surface area contributed by atoms with E-state index in [4.69, 9.17) is 10.5 Å². The molecule has 2 N–H and O–H groups in total. The van der Waals surface area contributed by atoms with Crippen molar-refractivity contribution in [2.45, 2.75) is 44.2 Å². The number of pyridine rings is 1. The zero-order valence-electron chi connectivity index (χ0n) is 12.0. The summed E-state index contributed by atoms with van der Waals surface area (Å²) in [5, 5.41) is 1.14. The summed E-state index contributed by atoms with van der Waals surface area (Å²) in [6.45, 7) is 2.76. The molecule has 1 aliphatic carbocycles. The summed E-state index contributed by atoms with van der Waals surface area (Å²) in [5.41, 5.74) is 8.45. The van der Waals surface area contributed by atoms with Crippen molar-refractivity contribution in [1.82, 2.24) is 4.98 Å². The zero-order chi connectivity index (χ0) is 14.0. The van der Waals surface area contributed by atoms with Gasteiger partial charge in [0.1, 0.15) is 0 Å². The second-order valence-electron chi connectivity index (χ2n) is 5.64. The third-order valence-corrected chi connectivity index (χ3v) is 4.42. The summed E-state index contributed by atoms with van der Waals surface area (Å²) in [5.74, 6) is 0. The molecule has 1 fully saturated rings. The smallest absolute Gasteiger partial charge is 0.0874 e. The number of aromatic nitrogens is 1. The molecule has 1 saturated carbocycles. The summed E-state index contributed by atoms with van der Waals surface area (Å²) < 4.78 is 6.07. The molecule has 1 aliphatic rings. The van der Waals surface area contributed by atoms with Crippen LogP contribution in [0.5, 0.6) is 0 Å². The van der Waals surface area contributed by atoms with Gasteiger partial charge in [0.25, 0.3) is 0 Å². The minimum Gasteiger partial charge on any atom is -0.373 e. The Bertz CT molecular complexity index is 590. The second kappa shape index (κ2) is 5.51. The van der Waals surface area contributed by atoms with E-state index >= 15 is 0 Å². The lowest BCUT2D eigenvalue weighted by molar-refractivity contribution is -0.0536. The van der Waals surface area contributed by atoms with Crippen molar-refractivity contribution in [3.63, 3.8) is 0 Å². The Hall–Kier alpha value is -1.45. The van der Waals surface area contributed by atoms with E-state index in [0.29, 0.717) is 6.61 Å². The van der Waals surface area contributed by atoms with E-state index in [2.05, 4.69) is 17.1 Å². The van der Waals surface area contributed by atoms with E-state index in [0.717, 1.165) is 29.3 Å². The quantitative estimate of drug-likeness (QED) is 0.923. The number of rotatable bonds is 4. The maximum atomic E-state index is 6.55.